The number of amides is 1. The highest BCUT2D eigenvalue weighted by Crippen LogP contribution is 2.19. The maximum Gasteiger partial charge on any atom is 0.416 e. The third-order valence-electron chi connectivity index (χ3n) is 2.00. The second-order valence-corrected chi connectivity index (χ2v) is 3.52. The van der Waals surface area contributed by atoms with Crippen LogP contribution in [0.4, 0.5) is 13.2 Å². The lowest BCUT2D eigenvalue weighted by atomic mass is 10.3. The van der Waals surface area contributed by atoms with E-state index in [0.29, 0.717) is 6.04 Å². The lowest BCUT2D eigenvalue weighted by molar-refractivity contribution is -0.201. The van der Waals surface area contributed by atoms with Crippen molar-refractivity contribution >= 4 is 5.91 Å². The van der Waals surface area contributed by atoms with Gasteiger partial charge in [-0.3, -0.25) is 4.79 Å². The summed E-state index contributed by atoms with van der Waals surface area (Å²) in [7, 11) is 0. The molecule has 1 saturated carbocycles. The van der Waals surface area contributed by atoms with E-state index in [-0.39, 0.29) is 6.54 Å². The Morgan fingerprint density at radius 1 is 1.47 bits per heavy atom. The van der Waals surface area contributed by atoms with Gasteiger partial charge in [0.2, 0.25) is 5.91 Å². The quantitative estimate of drug-likeness (QED) is 0.607. The minimum absolute atomic E-state index is 0.00472. The molecule has 0 radical (unpaired) electrons. The summed E-state index contributed by atoms with van der Waals surface area (Å²) < 4.78 is 35.4. The second-order valence-electron chi connectivity index (χ2n) is 3.52. The van der Waals surface area contributed by atoms with E-state index in [9.17, 15) is 18.0 Å². The Kier molecular flexibility index (Phi) is 3.92. The van der Waals surface area contributed by atoms with Gasteiger partial charge in [-0.05, 0) is 12.8 Å². The maximum absolute atomic E-state index is 11.8. The zero-order valence-corrected chi connectivity index (χ0v) is 7.97. The number of carbonyl (C=O) groups is 1. The van der Waals surface area contributed by atoms with Crippen molar-refractivity contribution in [2.45, 2.75) is 31.2 Å². The summed E-state index contributed by atoms with van der Waals surface area (Å²) in [5, 5.41) is 13.4. The van der Waals surface area contributed by atoms with Crippen LogP contribution >= 0.6 is 0 Å². The summed E-state index contributed by atoms with van der Waals surface area (Å²) in [5.41, 5.74) is 0. The van der Waals surface area contributed by atoms with E-state index in [1.165, 1.54) is 0 Å². The van der Waals surface area contributed by atoms with Gasteiger partial charge < -0.3 is 15.7 Å². The van der Waals surface area contributed by atoms with Gasteiger partial charge in [0.15, 0.2) is 6.10 Å². The molecule has 1 amide bonds. The Morgan fingerprint density at radius 2 is 2.07 bits per heavy atom. The number of alkyl halides is 3. The Labute approximate surface area is 84.8 Å². The predicted octanol–water partition coefficient (Wildman–Crippen LogP) is -0.222. The summed E-state index contributed by atoms with van der Waals surface area (Å²) in [6, 6.07) is 0.322. The van der Waals surface area contributed by atoms with Gasteiger partial charge in [0.25, 0.3) is 0 Å². The first-order chi connectivity index (χ1) is 6.89. The first kappa shape index (κ1) is 12.3. The smallest absolute Gasteiger partial charge is 0.382 e. The predicted molar refractivity (Wildman–Crippen MR) is 46.1 cm³/mol. The molecule has 1 unspecified atom stereocenters. The van der Waals surface area contributed by atoms with Gasteiger partial charge in [0.1, 0.15) is 0 Å². The highest BCUT2D eigenvalue weighted by molar-refractivity contribution is 5.78. The molecule has 0 aromatic heterocycles. The molecule has 7 heteroatoms. The van der Waals surface area contributed by atoms with Gasteiger partial charge in [-0.2, -0.15) is 13.2 Å². The lowest BCUT2D eigenvalue weighted by Gasteiger charge is -2.15. The fraction of sp³-hybridized carbons (Fsp3) is 0.875. The summed E-state index contributed by atoms with van der Waals surface area (Å²) in [6.45, 7) is -0.802. The van der Waals surface area contributed by atoms with Crippen molar-refractivity contribution in [3.63, 3.8) is 0 Å². The highest BCUT2D eigenvalue weighted by Gasteiger charge is 2.38. The molecule has 1 aliphatic rings. The van der Waals surface area contributed by atoms with Crippen LogP contribution in [0, 0.1) is 0 Å². The summed E-state index contributed by atoms with van der Waals surface area (Å²) in [6.07, 6.45) is -5.18. The van der Waals surface area contributed by atoms with E-state index in [1.807, 2.05) is 5.32 Å². The van der Waals surface area contributed by atoms with Crippen molar-refractivity contribution in [3.8, 4) is 0 Å². The monoisotopic (exact) mass is 226 g/mol. The normalized spacial score (nSPS) is 18.7. The molecule has 0 bridgehead atoms. The Morgan fingerprint density at radius 3 is 2.53 bits per heavy atom. The van der Waals surface area contributed by atoms with E-state index in [0.717, 1.165) is 12.8 Å². The van der Waals surface area contributed by atoms with E-state index in [4.69, 9.17) is 5.11 Å². The molecule has 0 aliphatic heterocycles. The molecule has 0 saturated heterocycles. The fourth-order valence-electron chi connectivity index (χ4n) is 0.913. The van der Waals surface area contributed by atoms with Crippen LogP contribution in [-0.2, 0) is 4.79 Å². The number of nitrogens with one attached hydrogen (secondary N) is 2. The zero-order valence-electron chi connectivity index (χ0n) is 7.97. The van der Waals surface area contributed by atoms with Gasteiger partial charge in [-0.15, -0.1) is 0 Å². The molecular formula is C8H13F3N2O2. The zero-order chi connectivity index (χ0) is 11.5. The Bertz CT molecular complexity index is 228. The molecule has 3 N–H and O–H groups in total. The largest absolute Gasteiger partial charge is 0.416 e. The van der Waals surface area contributed by atoms with Gasteiger partial charge in [0.05, 0.1) is 13.1 Å². The molecule has 0 aromatic rings. The minimum atomic E-state index is -4.68. The van der Waals surface area contributed by atoms with Crippen LogP contribution in [0.15, 0.2) is 0 Å². The number of carbonyl (C=O) groups excluding carboxylic acids is 1. The van der Waals surface area contributed by atoms with E-state index < -0.39 is 24.7 Å². The van der Waals surface area contributed by atoms with Crippen molar-refractivity contribution < 1.29 is 23.1 Å². The van der Waals surface area contributed by atoms with Gasteiger partial charge in [0, 0.05) is 6.04 Å². The SMILES string of the molecule is O=C(CNC1CC1)NCC(O)C(F)(F)F. The van der Waals surface area contributed by atoms with Crippen LogP contribution in [0.1, 0.15) is 12.8 Å². The average Bonchev–Trinajstić information content (AvgIpc) is 2.92. The summed E-state index contributed by atoms with van der Waals surface area (Å²) in [5.74, 6) is -0.537. The van der Waals surface area contributed by atoms with Crippen LogP contribution in [-0.4, -0.2) is 42.4 Å². The van der Waals surface area contributed by atoms with Crippen molar-refractivity contribution in [1.29, 1.82) is 0 Å². The number of rotatable bonds is 5. The number of aliphatic hydroxyl groups excluding tert-OH is 1. The number of hydrogen-bond donors (Lipinski definition) is 3. The van der Waals surface area contributed by atoms with Crippen LogP contribution in [0.3, 0.4) is 0 Å². The van der Waals surface area contributed by atoms with Crippen molar-refractivity contribution in [2.24, 2.45) is 0 Å². The average molecular weight is 226 g/mol. The van der Waals surface area contributed by atoms with Crippen LogP contribution in [0.25, 0.3) is 0 Å². The molecule has 88 valence electrons. The minimum Gasteiger partial charge on any atom is -0.382 e. The first-order valence-electron chi connectivity index (χ1n) is 4.64. The van der Waals surface area contributed by atoms with E-state index in [1.54, 1.807) is 0 Å². The maximum atomic E-state index is 11.8. The van der Waals surface area contributed by atoms with Gasteiger partial charge in [-0.1, -0.05) is 0 Å². The number of hydrogen-bond acceptors (Lipinski definition) is 3. The van der Waals surface area contributed by atoms with Gasteiger partial charge in [-0.25, -0.2) is 0 Å². The fourth-order valence-corrected chi connectivity index (χ4v) is 0.913. The third kappa shape index (κ3) is 4.98. The lowest BCUT2D eigenvalue weighted by Crippen LogP contribution is -2.43. The number of halogens is 3. The highest BCUT2D eigenvalue weighted by atomic mass is 19.4. The summed E-state index contributed by atoms with van der Waals surface area (Å²) >= 11 is 0. The van der Waals surface area contributed by atoms with Crippen LogP contribution in [0.2, 0.25) is 0 Å². The van der Waals surface area contributed by atoms with Crippen LogP contribution in [0.5, 0.6) is 0 Å². The second kappa shape index (κ2) is 4.80. The van der Waals surface area contributed by atoms with E-state index >= 15 is 0 Å². The molecule has 15 heavy (non-hydrogen) atoms. The van der Waals surface area contributed by atoms with Crippen molar-refractivity contribution in [2.75, 3.05) is 13.1 Å². The molecule has 0 aromatic carbocycles. The van der Waals surface area contributed by atoms with Crippen molar-refractivity contribution in [1.82, 2.24) is 10.6 Å². The Balaban J connectivity index is 2.09. The standard InChI is InChI=1S/C8H13F3N2O2/c9-8(10,11)6(14)3-13-7(15)4-12-5-1-2-5/h5-6,12,14H,1-4H2,(H,13,15). The van der Waals surface area contributed by atoms with Crippen molar-refractivity contribution in [3.05, 3.63) is 0 Å². The third-order valence-corrected chi connectivity index (χ3v) is 2.00. The molecule has 0 heterocycles. The molecule has 4 nitrogen and oxygen atoms in total. The molecule has 1 fully saturated rings. The topological polar surface area (TPSA) is 61.4 Å². The van der Waals surface area contributed by atoms with E-state index in [2.05, 4.69) is 5.32 Å². The summed E-state index contributed by atoms with van der Waals surface area (Å²) in [4.78, 5) is 11.0. The molecule has 1 aliphatic carbocycles. The molecule has 0 spiro atoms. The van der Waals surface area contributed by atoms with Crippen LogP contribution < -0.4 is 10.6 Å². The van der Waals surface area contributed by atoms with Gasteiger partial charge >= 0.3 is 6.18 Å². The molecule has 1 rings (SSSR count). The first-order valence-corrected chi connectivity index (χ1v) is 4.64. The number of aliphatic hydroxyl groups is 1. The molecule has 1 atom stereocenters. The molecular weight excluding hydrogens is 213 g/mol. The Hall–Kier alpha value is -0.820.